The van der Waals surface area contributed by atoms with Crippen molar-refractivity contribution in [2.24, 2.45) is 0 Å². The molecule has 0 radical (unpaired) electrons. The molecule has 4 heterocycles. The molecule has 4 aromatic heterocycles. The third-order valence-corrected chi connectivity index (χ3v) is 14.7. The Balaban J connectivity index is 1.34. The van der Waals surface area contributed by atoms with Crippen LogP contribution in [-0.4, -0.2) is 0 Å². The van der Waals surface area contributed by atoms with Crippen LogP contribution >= 0.6 is 45.3 Å². The van der Waals surface area contributed by atoms with Crippen LogP contribution in [0.15, 0.2) is 24.3 Å². The first-order valence-corrected chi connectivity index (χ1v) is 20.3. The van der Waals surface area contributed by atoms with Gasteiger partial charge >= 0.3 is 0 Å². The fraction of sp³-hybridized carbons (Fsp3) is 0.579. The summed E-state index contributed by atoms with van der Waals surface area (Å²) >= 11 is 8.39. The van der Waals surface area contributed by atoms with E-state index in [0.717, 1.165) is 0 Å². The minimum absolute atomic E-state index is 1.22. The van der Waals surface area contributed by atoms with Crippen LogP contribution in [0.25, 0.3) is 38.6 Å². The summed E-state index contributed by atoms with van der Waals surface area (Å²) in [6.45, 7) is 9.20. The third-order valence-electron chi connectivity index (χ3n) is 9.02. The summed E-state index contributed by atoms with van der Waals surface area (Å²) < 4.78 is 9.53. The standard InChI is InChI=1S/C38H52S4/c1-5-7-9-11-13-15-17-19-21-30-28(4)39-35-33(30)41-38-36-34(42-37(35)38)31(22-20-18-16-14-12-10-8-6-2)32(40-36)29-25-23-27(3)24-26-29/h23-26H,5-22H2,1-4H3. The van der Waals surface area contributed by atoms with Crippen molar-refractivity contribution in [3.05, 3.63) is 45.8 Å². The molecule has 5 aromatic rings. The van der Waals surface area contributed by atoms with Crippen LogP contribution in [0.2, 0.25) is 0 Å². The van der Waals surface area contributed by atoms with Gasteiger partial charge in [-0.15, -0.1) is 45.3 Å². The van der Waals surface area contributed by atoms with Crippen LogP contribution in [-0.2, 0) is 12.8 Å². The van der Waals surface area contributed by atoms with Crippen molar-refractivity contribution in [2.45, 2.75) is 143 Å². The lowest BCUT2D eigenvalue weighted by Gasteiger charge is -2.06. The molecular weight excluding hydrogens is 585 g/mol. The van der Waals surface area contributed by atoms with Crippen molar-refractivity contribution in [1.82, 2.24) is 0 Å². The van der Waals surface area contributed by atoms with Gasteiger partial charge in [-0.1, -0.05) is 134 Å². The maximum absolute atomic E-state index is 2.38. The molecule has 0 amide bonds. The van der Waals surface area contributed by atoms with Crippen LogP contribution < -0.4 is 0 Å². The SMILES string of the molecule is CCCCCCCCCCc1c(C)sc2c1sc1c3sc(-c4ccc(C)cc4)c(CCCCCCCCCC)c3sc21. The summed E-state index contributed by atoms with van der Waals surface area (Å²) in [6, 6.07) is 9.30. The van der Waals surface area contributed by atoms with Gasteiger partial charge in [0.1, 0.15) is 0 Å². The van der Waals surface area contributed by atoms with E-state index in [1.165, 1.54) is 132 Å². The summed E-state index contributed by atoms with van der Waals surface area (Å²) in [5.74, 6) is 0. The number of fused-ring (bicyclic) bond motifs is 5. The lowest BCUT2D eigenvalue weighted by molar-refractivity contribution is 0.576. The Morgan fingerprint density at radius 2 is 0.857 bits per heavy atom. The van der Waals surface area contributed by atoms with Crippen molar-refractivity contribution in [1.29, 1.82) is 0 Å². The zero-order valence-corrected chi connectivity index (χ0v) is 29.9. The van der Waals surface area contributed by atoms with E-state index in [4.69, 9.17) is 0 Å². The topological polar surface area (TPSA) is 0 Å². The molecule has 4 heteroatoms. The van der Waals surface area contributed by atoms with E-state index in [1.54, 1.807) is 44.2 Å². The molecule has 0 aliphatic rings. The second-order valence-corrected chi connectivity index (χ2v) is 16.8. The van der Waals surface area contributed by atoms with Crippen LogP contribution in [0.1, 0.15) is 138 Å². The zero-order valence-electron chi connectivity index (χ0n) is 26.7. The Bertz CT molecular complexity index is 1520. The van der Waals surface area contributed by atoms with E-state index < -0.39 is 0 Å². The minimum atomic E-state index is 1.22. The molecule has 0 nitrogen and oxygen atoms in total. The summed E-state index contributed by atoms with van der Waals surface area (Å²) in [6.07, 6.45) is 24.7. The van der Waals surface area contributed by atoms with E-state index in [0.29, 0.717) is 0 Å². The molecular formula is C38H52S4. The van der Waals surface area contributed by atoms with Gasteiger partial charge in [-0.05, 0) is 56.2 Å². The molecule has 228 valence electrons. The highest BCUT2D eigenvalue weighted by Crippen LogP contribution is 2.54. The van der Waals surface area contributed by atoms with E-state index in [-0.39, 0.29) is 0 Å². The smallest absolute Gasteiger partial charge is 0.0651 e. The van der Waals surface area contributed by atoms with Gasteiger partial charge in [0.05, 0.1) is 28.2 Å². The molecule has 0 aliphatic heterocycles. The van der Waals surface area contributed by atoms with E-state index in [1.807, 2.05) is 0 Å². The highest BCUT2D eigenvalue weighted by atomic mass is 32.1. The lowest BCUT2D eigenvalue weighted by Crippen LogP contribution is -1.88. The van der Waals surface area contributed by atoms with E-state index in [2.05, 4.69) is 97.3 Å². The van der Waals surface area contributed by atoms with Crippen LogP contribution in [0.3, 0.4) is 0 Å². The van der Waals surface area contributed by atoms with Crippen molar-refractivity contribution in [3.63, 3.8) is 0 Å². The molecule has 42 heavy (non-hydrogen) atoms. The largest absolute Gasteiger partial charge is 0.138 e. The van der Waals surface area contributed by atoms with Gasteiger partial charge < -0.3 is 0 Å². The number of rotatable bonds is 19. The number of thiophene rings is 4. The zero-order chi connectivity index (χ0) is 29.3. The second-order valence-electron chi connectivity index (χ2n) is 12.5. The number of aryl methyl sites for hydroxylation is 4. The minimum Gasteiger partial charge on any atom is -0.138 e. The molecule has 0 atom stereocenters. The predicted octanol–water partition coefficient (Wildman–Crippen LogP) is 15.0. The molecule has 0 fully saturated rings. The summed E-state index contributed by atoms with van der Waals surface area (Å²) in [4.78, 5) is 3.10. The maximum Gasteiger partial charge on any atom is 0.0651 e. The van der Waals surface area contributed by atoms with Gasteiger partial charge in [-0.2, -0.15) is 0 Å². The molecule has 0 saturated carbocycles. The van der Waals surface area contributed by atoms with Crippen LogP contribution in [0.5, 0.6) is 0 Å². The number of hydrogen-bond acceptors (Lipinski definition) is 4. The Labute approximate surface area is 271 Å². The lowest BCUT2D eigenvalue weighted by atomic mass is 10.0. The van der Waals surface area contributed by atoms with E-state index >= 15 is 0 Å². The van der Waals surface area contributed by atoms with Gasteiger partial charge in [-0.25, -0.2) is 0 Å². The molecule has 0 saturated heterocycles. The van der Waals surface area contributed by atoms with Gasteiger partial charge in [0, 0.05) is 9.75 Å². The molecule has 0 spiro atoms. The third kappa shape index (κ3) is 7.71. The van der Waals surface area contributed by atoms with Crippen molar-refractivity contribution in [2.75, 3.05) is 0 Å². The maximum atomic E-state index is 2.38. The first-order chi connectivity index (χ1) is 20.6. The van der Waals surface area contributed by atoms with Gasteiger partial charge in [-0.3, -0.25) is 0 Å². The summed E-state index contributed by atoms with van der Waals surface area (Å²) in [7, 11) is 0. The Kier molecular flexibility index (Phi) is 12.4. The molecule has 1 aromatic carbocycles. The molecule has 0 unspecified atom stereocenters. The van der Waals surface area contributed by atoms with Gasteiger partial charge in [0.15, 0.2) is 0 Å². The quantitative estimate of drug-likeness (QED) is 0.0791. The highest BCUT2D eigenvalue weighted by Gasteiger charge is 2.23. The van der Waals surface area contributed by atoms with Gasteiger partial charge in [0.2, 0.25) is 0 Å². The second kappa shape index (κ2) is 16.2. The molecule has 5 rings (SSSR count). The number of hydrogen-bond donors (Lipinski definition) is 0. The first-order valence-electron chi connectivity index (χ1n) is 17.1. The fourth-order valence-electron chi connectivity index (χ4n) is 6.44. The summed E-state index contributed by atoms with van der Waals surface area (Å²) in [5.41, 5.74) is 6.07. The van der Waals surface area contributed by atoms with Crippen molar-refractivity contribution < 1.29 is 0 Å². The van der Waals surface area contributed by atoms with Crippen LogP contribution in [0, 0.1) is 13.8 Å². The first kappa shape index (κ1) is 32.2. The average Bonchev–Trinajstić information content (AvgIpc) is 3.70. The number of benzene rings is 1. The summed E-state index contributed by atoms with van der Waals surface area (Å²) in [5, 5.41) is 0. The fourth-order valence-corrected chi connectivity index (χ4v) is 12.6. The number of unbranched alkanes of at least 4 members (excludes halogenated alkanes) is 14. The molecule has 0 aliphatic carbocycles. The van der Waals surface area contributed by atoms with Crippen LogP contribution in [0.4, 0.5) is 0 Å². The Morgan fingerprint density at radius 1 is 0.429 bits per heavy atom. The Hall–Kier alpha value is -1.20. The Morgan fingerprint density at radius 3 is 1.40 bits per heavy atom. The average molecular weight is 637 g/mol. The molecule has 0 bridgehead atoms. The van der Waals surface area contributed by atoms with Crippen molar-refractivity contribution >= 4 is 73.5 Å². The monoisotopic (exact) mass is 636 g/mol. The highest BCUT2D eigenvalue weighted by molar-refractivity contribution is 7.45. The van der Waals surface area contributed by atoms with E-state index in [9.17, 15) is 0 Å². The van der Waals surface area contributed by atoms with Crippen molar-refractivity contribution in [3.8, 4) is 10.4 Å². The normalized spacial score (nSPS) is 12.1. The predicted molar refractivity (Wildman–Crippen MR) is 198 cm³/mol. The van der Waals surface area contributed by atoms with Gasteiger partial charge in [0.25, 0.3) is 0 Å². The molecule has 0 N–H and O–H groups in total.